The fraction of sp³-hybridized carbons (Fsp3) is 0.833. The van der Waals surface area contributed by atoms with Crippen LogP contribution in [0.25, 0.3) is 0 Å². The van der Waals surface area contributed by atoms with Crippen molar-refractivity contribution in [1.29, 1.82) is 0 Å². The summed E-state index contributed by atoms with van der Waals surface area (Å²) in [4.78, 5) is 22.4. The van der Waals surface area contributed by atoms with Gasteiger partial charge < -0.3 is 15.7 Å². The molecule has 0 fully saturated rings. The topological polar surface area (TPSA) is 78.4 Å². The van der Waals surface area contributed by atoms with Crippen molar-refractivity contribution in [2.24, 2.45) is 5.92 Å². The lowest BCUT2D eigenvalue weighted by Gasteiger charge is -2.14. The molecule has 106 valence electrons. The van der Waals surface area contributed by atoms with E-state index < -0.39 is 18.0 Å². The van der Waals surface area contributed by atoms with Crippen molar-refractivity contribution in [2.45, 2.75) is 39.2 Å². The zero-order valence-corrected chi connectivity index (χ0v) is 12.2. The maximum atomic E-state index is 11.5. The van der Waals surface area contributed by atoms with Crippen molar-refractivity contribution in [2.75, 3.05) is 18.6 Å². The third-order valence-corrected chi connectivity index (χ3v) is 3.10. The van der Waals surface area contributed by atoms with Crippen LogP contribution in [0.4, 0.5) is 4.79 Å². The highest BCUT2D eigenvalue weighted by Crippen LogP contribution is 2.02. The summed E-state index contributed by atoms with van der Waals surface area (Å²) in [6.07, 6.45) is 4.31. The van der Waals surface area contributed by atoms with Crippen LogP contribution in [0.3, 0.4) is 0 Å². The van der Waals surface area contributed by atoms with Gasteiger partial charge in [0.15, 0.2) is 0 Å². The van der Waals surface area contributed by atoms with Crippen molar-refractivity contribution in [1.82, 2.24) is 10.6 Å². The van der Waals surface area contributed by atoms with Crippen molar-refractivity contribution >= 4 is 23.8 Å². The van der Waals surface area contributed by atoms with Crippen LogP contribution in [0.1, 0.15) is 33.1 Å². The average Bonchev–Trinajstić information content (AvgIpc) is 2.29. The summed E-state index contributed by atoms with van der Waals surface area (Å²) >= 11 is 1.56. The number of amides is 2. The van der Waals surface area contributed by atoms with Crippen molar-refractivity contribution in [3.63, 3.8) is 0 Å². The molecule has 0 aliphatic rings. The van der Waals surface area contributed by atoms with Crippen LogP contribution in [0, 0.1) is 5.92 Å². The molecule has 2 amide bonds. The number of carboxylic acids is 1. The molecule has 1 unspecified atom stereocenters. The van der Waals surface area contributed by atoms with Crippen LogP contribution in [0.2, 0.25) is 0 Å². The second-order valence-electron chi connectivity index (χ2n) is 4.61. The molecule has 0 aliphatic carbocycles. The van der Waals surface area contributed by atoms with Gasteiger partial charge in [-0.15, -0.1) is 0 Å². The molecule has 0 spiro atoms. The number of carbonyl (C=O) groups excluding carboxylic acids is 1. The molecule has 5 nitrogen and oxygen atoms in total. The standard InChI is InChI=1S/C12H24N2O3S/c1-9(2)5-4-7-13-12(17)14-10(11(15)16)6-8-18-3/h9-10H,4-8H2,1-3H3,(H,15,16)(H2,13,14,17). The smallest absolute Gasteiger partial charge is 0.326 e. The van der Waals surface area contributed by atoms with Crippen LogP contribution >= 0.6 is 11.8 Å². The number of urea groups is 1. The Balaban J connectivity index is 3.84. The van der Waals surface area contributed by atoms with Crippen molar-refractivity contribution in [3.8, 4) is 0 Å². The van der Waals surface area contributed by atoms with Gasteiger partial charge in [-0.3, -0.25) is 0 Å². The predicted octanol–water partition coefficient (Wildman–Crippen LogP) is 1.93. The third-order valence-electron chi connectivity index (χ3n) is 2.46. The molecular weight excluding hydrogens is 252 g/mol. The zero-order chi connectivity index (χ0) is 14.0. The Labute approximate surface area is 113 Å². The van der Waals surface area contributed by atoms with E-state index in [1.165, 1.54) is 0 Å². The minimum atomic E-state index is -0.985. The molecular formula is C12H24N2O3S. The number of aliphatic carboxylic acids is 1. The van der Waals surface area contributed by atoms with E-state index in [0.29, 0.717) is 24.6 Å². The Bertz CT molecular complexity index is 260. The molecule has 18 heavy (non-hydrogen) atoms. The minimum Gasteiger partial charge on any atom is -0.480 e. The number of thioether (sulfide) groups is 1. The molecule has 0 bridgehead atoms. The zero-order valence-electron chi connectivity index (χ0n) is 11.4. The largest absolute Gasteiger partial charge is 0.480 e. The lowest BCUT2D eigenvalue weighted by molar-refractivity contribution is -0.139. The fourth-order valence-electron chi connectivity index (χ4n) is 1.41. The highest BCUT2D eigenvalue weighted by Gasteiger charge is 2.18. The second kappa shape index (κ2) is 10.1. The first kappa shape index (κ1) is 17.1. The van der Waals surface area contributed by atoms with Crippen LogP contribution in [-0.2, 0) is 4.79 Å². The Morgan fingerprint density at radius 2 is 1.94 bits per heavy atom. The number of hydrogen-bond acceptors (Lipinski definition) is 3. The van der Waals surface area contributed by atoms with Gasteiger partial charge in [-0.1, -0.05) is 13.8 Å². The van der Waals surface area contributed by atoms with Crippen molar-refractivity contribution < 1.29 is 14.7 Å². The number of carbonyl (C=O) groups is 2. The van der Waals surface area contributed by atoms with Gasteiger partial charge in [0.2, 0.25) is 0 Å². The molecule has 0 aromatic heterocycles. The number of nitrogens with one attached hydrogen (secondary N) is 2. The van der Waals surface area contributed by atoms with Gasteiger partial charge in [-0.05, 0) is 37.2 Å². The van der Waals surface area contributed by atoms with Crippen LogP contribution in [-0.4, -0.2) is 41.7 Å². The lowest BCUT2D eigenvalue weighted by atomic mass is 10.1. The Morgan fingerprint density at radius 3 is 2.44 bits per heavy atom. The van der Waals surface area contributed by atoms with E-state index in [-0.39, 0.29) is 0 Å². The van der Waals surface area contributed by atoms with Gasteiger partial charge >= 0.3 is 12.0 Å². The van der Waals surface area contributed by atoms with E-state index in [9.17, 15) is 9.59 Å². The molecule has 0 aliphatic heterocycles. The fourth-order valence-corrected chi connectivity index (χ4v) is 1.89. The molecule has 0 heterocycles. The van der Waals surface area contributed by atoms with Gasteiger partial charge in [0.25, 0.3) is 0 Å². The van der Waals surface area contributed by atoms with Crippen LogP contribution in [0.15, 0.2) is 0 Å². The van der Waals surface area contributed by atoms with E-state index >= 15 is 0 Å². The molecule has 0 aromatic rings. The first-order chi connectivity index (χ1) is 8.47. The normalized spacial score (nSPS) is 12.2. The number of carboxylic acid groups (broad SMARTS) is 1. The van der Waals surface area contributed by atoms with Crippen LogP contribution in [0.5, 0.6) is 0 Å². The van der Waals surface area contributed by atoms with E-state index in [1.807, 2.05) is 6.26 Å². The van der Waals surface area contributed by atoms with Gasteiger partial charge in [0.05, 0.1) is 0 Å². The summed E-state index contributed by atoms with van der Waals surface area (Å²) in [6.45, 7) is 4.84. The summed E-state index contributed by atoms with van der Waals surface area (Å²) in [6, 6.07) is -1.20. The average molecular weight is 276 g/mol. The molecule has 6 heteroatoms. The maximum Gasteiger partial charge on any atom is 0.326 e. The number of hydrogen-bond donors (Lipinski definition) is 3. The van der Waals surface area contributed by atoms with Gasteiger partial charge in [0.1, 0.15) is 6.04 Å². The maximum absolute atomic E-state index is 11.5. The van der Waals surface area contributed by atoms with Crippen molar-refractivity contribution in [3.05, 3.63) is 0 Å². The predicted molar refractivity (Wildman–Crippen MR) is 75.0 cm³/mol. The summed E-state index contributed by atoms with van der Waals surface area (Å²) in [5.74, 6) is 0.342. The van der Waals surface area contributed by atoms with E-state index in [0.717, 1.165) is 12.8 Å². The SMILES string of the molecule is CSCCC(NC(=O)NCCCC(C)C)C(=O)O. The van der Waals surface area contributed by atoms with Gasteiger partial charge in [-0.2, -0.15) is 11.8 Å². The Hall–Kier alpha value is -0.910. The first-order valence-electron chi connectivity index (χ1n) is 6.23. The van der Waals surface area contributed by atoms with Gasteiger partial charge in [0, 0.05) is 6.54 Å². The molecule has 0 radical (unpaired) electrons. The van der Waals surface area contributed by atoms with E-state index in [2.05, 4.69) is 24.5 Å². The molecule has 0 saturated heterocycles. The molecule has 0 aromatic carbocycles. The highest BCUT2D eigenvalue weighted by atomic mass is 32.2. The second-order valence-corrected chi connectivity index (χ2v) is 5.59. The molecule has 0 saturated carbocycles. The summed E-state index contributed by atoms with van der Waals surface area (Å²) < 4.78 is 0. The van der Waals surface area contributed by atoms with Gasteiger partial charge in [-0.25, -0.2) is 9.59 Å². The number of rotatable bonds is 9. The summed E-state index contributed by atoms with van der Waals surface area (Å²) in [5.41, 5.74) is 0. The summed E-state index contributed by atoms with van der Waals surface area (Å²) in [7, 11) is 0. The molecule has 1 atom stereocenters. The quantitative estimate of drug-likeness (QED) is 0.562. The lowest BCUT2D eigenvalue weighted by Crippen LogP contribution is -2.46. The highest BCUT2D eigenvalue weighted by molar-refractivity contribution is 7.98. The summed E-state index contributed by atoms with van der Waals surface area (Å²) in [5, 5.41) is 14.1. The van der Waals surface area contributed by atoms with Crippen LogP contribution < -0.4 is 10.6 Å². The van der Waals surface area contributed by atoms with E-state index in [1.54, 1.807) is 11.8 Å². The monoisotopic (exact) mass is 276 g/mol. The third kappa shape index (κ3) is 9.15. The van der Waals surface area contributed by atoms with E-state index in [4.69, 9.17) is 5.11 Å². The Kier molecular flexibility index (Phi) is 9.55. The minimum absolute atomic E-state index is 0.396. The Morgan fingerprint density at radius 1 is 1.28 bits per heavy atom. The molecule has 0 rings (SSSR count). The first-order valence-corrected chi connectivity index (χ1v) is 7.62. The molecule has 3 N–H and O–H groups in total.